The van der Waals surface area contributed by atoms with Gasteiger partial charge in [-0.3, -0.25) is 14.7 Å². The second-order valence-corrected chi connectivity index (χ2v) is 12.2. The minimum Gasteiger partial charge on any atom is -0.495 e. The number of fused-ring (bicyclic) bond motifs is 1. The Morgan fingerprint density at radius 3 is 2.37 bits per heavy atom. The van der Waals surface area contributed by atoms with E-state index in [2.05, 4.69) is 37.3 Å². The van der Waals surface area contributed by atoms with Gasteiger partial charge in [-0.15, -0.1) is 0 Å². The first kappa shape index (κ1) is 27.2. The number of anilines is 3. The van der Waals surface area contributed by atoms with Crippen molar-refractivity contribution in [3.63, 3.8) is 0 Å². The molecule has 1 saturated heterocycles. The summed E-state index contributed by atoms with van der Waals surface area (Å²) in [5.74, 6) is 2.04. The van der Waals surface area contributed by atoms with Crippen LogP contribution in [0.25, 0.3) is 11.0 Å². The minimum absolute atomic E-state index is 0.0147. The predicted molar refractivity (Wildman–Crippen MR) is 154 cm³/mol. The number of ether oxygens (including phenoxy) is 3. The first-order chi connectivity index (χ1) is 19.8. The molecule has 6 rings (SSSR count). The minimum atomic E-state index is -4.21. The maximum absolute atomic E-state index is 13.8. The maximum Gasteiger partial charge on any atom is 0.270 e. The van der Waals surface area contributed by atoms with Gasteiger partial charge in [-0.2, -0.15) is 5.10 Å². The van der Waals surface area contributed by atoms with Crippen LogP contribution in [0.4, 0.5) is 17.3 Å². The number of sulfonamides is 1. The van der Waals surface area contributed by atoms with E-state index in [4.69, 9.17) is 18.7 Å². The number of rotatable bonds is 10. The summed E-state index contributed by atoms with van der Waals surface area (Å²) in [6, 6.07) is 9.02. The fourth-order valence-electron chi connectivity index (χ4n) is 5.48. The fourth-order valence-corrected chi connectivity index (χ4v) is 6.80. The zero-order valence-electron chi connectivity index (χ0n) is 23.5. The quantitative estimate of drug-likeness (QED) is 0.229. The number of piperidine rings is 1. The summed E-state index contributed by atoms with van der Waals surface area (Å²) in [5, 5.41) is 15.1. The molecule has 0 radical (unpaired) electrons. The van der Waals surface area contributed by atoms with Crippen molar-refractivity contribution >= 4 is 38.3 Å². The summed E-state index contributed by atoms with van der Waals surface area (Å²) >= 11 is 0. The van der Waals surface area contributed by atoms with Crippen molar-refractivity contribution in [1.29, 1.82) is 0 Å². The number of H-pyrrole nitrogens is 1. The van der Waals surface area contributed by atoms with Crippen LogP contribution in [0.2, 0.25) is 0 Å². The summed E-state index contributed by atoms with van der Waals surface area (Å²) < 4.78 is 52.4. The predicted octanol–water partition coefficient (Wildman–Crippen LogP) is 5.16. The average Bonchev–Trinajstić information content (AvgIpc) is 3.61. The number of aromatic nitrogens is 3. The third-order valence-corrected chi connectivity index (χ3v) is 9.21. The Kier molecular flexibility index (Phi) is 7.16. The molecule has 0 amide bonds. The molecule has 2 aromatic carbocycles. The topological polar surface area (TPSA) is 144 Å². The summed E-state index contributed by atoms with van der Waals surface area (Å²) in [6.45, 7) is 0.972. The largest absolute Gasteiger partial charge is 0.495 e. The Morgan fingerprint density at radius 2 is 1.71 bits per heavy atom. The number of likely N-dealkylation sites (tertiary alicyclic amines) is 1. The second kappa shape index (κ2) is 10.8. The van der Waals surface area contributed by atoms with E-state index in [1.165, 1.54) is 21.3 Å². The van der Waals surface area contributed by atoms with Gasteiger partial charge in [-0.25, -0.2) is 8.42 Å². The maximum atomic E-state index is 13.8. The molecule has 2 fully saturated rings. The molecule has 3 N–H and O–H groups in total. The molecule has 0 spiro atoms. The SMILES string of the molecule is COc1cc2c(NS(=O)(=O)c3c(OC)cc([C@H]4CCCCN4C)cc3OC)noc2cc1Nc1cc(C2CC2)[nH]n1. The van der Waals surface area contributed by atoms with Crippen molar-refractivity contribution in [2.45, 2.75) is 49.0 Å². The highest BCUT2D eigenvalue weighted by molar-refractivity contribution is 7.93. The normalized spacial score (nSPS) is 17.9. The van der Waals surface area contributed by atoms with Gasteiger partial charge in [-0.1, -0.05) is 11.6 Å². The van der Waals surface area contributed by atoms with Crippen LogP contribution < -0.4 is 24.2 Å². The zero-order chi connectivity index (χ0) is 28.7. The van der Waals surface area contributed by atoms with Crippen LogP contribution in [0.15, 0.2) is 39.8 Å². The van der Waals surface area contributed by atoms with E-state index in [1.54, 1.807) is 24.3 Å². The number of nitrogens with zero attached hydrogens (tertiary/aromatic N) is 3. The number of hydrogen-bond donors (Lipinski definition) is 3. The van der Waals surface area contributed by atoms with E-state index in [1.807, 2.05) is 6.07 Å². The molecule has 2 aromatic heterocycles. The zero-order valence-corrected chi connectivity index (χ0v) is 24.3. The third-order valence-electron chi connectivity index (χ3n) is 7.81. The molecule has 12 nitrogen and oxygen atoms in total. The highest BCUT2D eigenvalue weighted by atomic mass is 32.2. The molecule has 4 aromatic rings. The Hall–Kier alpha value is -3.97. The lowest BCUT2D eigenvalue weighted by molar-refractivity contribution is 0.186. The first-order valence-electron chi connectivity index (χ1n) is 13.6. The highest BCUT2D eigenvalue weighted by Crippen LogP contribution is 2.43. The van der Waals surface area contributed by atoms with Gasteiger partial charge in [0.1, 0.15) is 17.2 Å². The fraction of sp³-hybridized carbons (Fsp3) is 0.429. The van der Waals surface area contributed by atoms with E-state index in [9.17, 15) is 8.42 Å². The van der Waals surface area contributed by atoms with Crippen LogP contribution in [0.1, 0.15) is 55.3 Å². The van der Waals surface area contributed by atoms with Gasteiger partial charge in [0, 0.05) is 29.8 Å². The van der Waals surface area contributed by atoms with E-state index in [0.717, 1.165) is 49.9 Å². The van der Waals surface area contributed by atoms with Crippen molar-refractivity contribution in [3.8, 4) is 17.2 Å². The van der Waals surface area contributed by atoms with Gasteiger partial charge >= 0.3 is 0 Å². The lowest BCUT2D eigenvalue weighted by Gasteiger charge is -2.33. The van der Waals surface area contributed by atoms with Gasteiger partial charge in [0.2, 0.25) is 0 Å². The van der Waals surface area contributed by atoms with Crippen molar-refractivity contribution in [3.05, 3.63) is 41.6 Å². The van der Waals surface area contributed by atoms with E-state index >= 15 is 0 Å². The van der Waals surface area contributed by atoms with Gasteiger partial charge < -0.3 is 24.1 Å². The Labute approximate surface area is 238 Å². The Bertz CT molecular complexity index is 1650. The summed E-state index contributed by atoms with van der Waals surface area (Å²) in [6.07, 6.45) is 5.53. The van der Waals surface area contributed by atoms with Crippen molar-refractivity contribution in [2.75, 3.05) is 45.0 Å². The van der Waals surface area contributed by atoms with Gasteiger partial charge in [0.05, 0.1) is 32.4 Å². The number of benzene rings is 2. The first-order valence-corrected chi connectivity index (χ1v) is 15.1. The monoisotopic (exact) mass is 582 g/mol. The summed E-state index contributed by atoms with van der Waals surface area (Å²) in [7, 11) is 2.29. The van der Waals surface area contributed by atoms with E-state index in [-0.39, 0.29) is 28.3 Å². The van der Waals surface area contributed by atoms with Gasteiger partial charge in [0.15, 0.2) is 22.1 Å². The second-order valence-electron chi connectivity index (χ2n) is 10.5. The lowest BCUT2D eigenvalue weighted by Crippen LogP contribution is -2.29. The van der Waals surface area contributed by atoms with E-state index < -0.39 is 10.0 Å². The van der Waals surface area contributed by atoms with Crippen molar-refractivity contribution in [2.24, 2.45) is 0 Å². The summed E-state index contributed by atoms with van der Waals surface area (Å²) in [4.78, 5) is 2.15. The van der Waals surface area contributed by atoms with E-state index in [0.29, 0.717) is 34.1 Å². The molecule has 1 aliphatic heterocycles. The molecule has 1 atom stereocenters. The number of methoxy groups -OCH3 is 3. The molecule has 218 valence electrons. The number of aromatic amines is 1. The van der Waals surface area contributed by atoms with Crippen molar-refractivity contribution in [1.82, 2.24) is 20.3 Å². The van der Waals surface area contributed by atoms with Crippen LogP contribution in [-0.4, -0.2) is 63.6 Å². The molecule has 3 heterocycles. The summed E-state index contributed by atoms with van der Waals surface area (Å²) in [5.41, 5.74) is 3.00. The molecule has 1 saturated carbocycles. The van der Waals surface area contributed by atoms with Crippen LogP contribution >= 0.6 is 0 Å². The van der Waals surface area contributed by atoms with Crippen LogP contribution in [0.5, 0.6) is 17.2 Å². The van der Waals surface area contributed by atoms with Crippen molar-refractivity contribution < 1.29 is 27.2 Å². The molecule has 41 heavy (non-hydrogen) atoms. The number of nitrogens with one attached hydrogen (secondary N) is 3. The molecular formula is C28H34N6O6S. The standard InChI is InChI=1S/C28H34N6O6S/c1-34-10-6-5-7-21(34)17-11-24(38-3)27(25(12-17)39-4)41(35,36)33-28-18-13-23(37-2)20(14-22(18)40-32-28)29-26-15-19(30-31-26)16-8-9-16/h11-16,21H,5-10H2,1-4H3,(H,32,33)(H2,29,30,31)/t21-/m1/s1. The van der Waals surface area contributed by atoms with Crippen LogP contribution in [0.3, 0.4) is 0 Å². The highest BCUT2D eigenvalue weighted by Gasteiger charge is 2.31. The molecule has 0 unspecified atom stereocenters. The molecular weight excluding hydrogens is 548 g/mol. The number of hydrogen-bond acceptors (Lipinski definition) is 10. The lowest BCUT2D eigenvalue weighted by atomic mass is 9.95. The molecule has 2 aliphatic rings. The molecule has 1 aliphatic carbocycles. The van der Waals surface area contributed by atoms with Crippen LogP contribution in [0, 0.1) is 0 Å². The Morgan fingerprint density at radius 1 is 0.976 bits per heavy atom. The average molecular weight is 583 g/mol. The Balaban J connectivity index is 1.31. The van der Waals surface area contributed by atoms with Gasteiger partial charge in [-0.05, 0) is 63.0 Å². The molecule has 13 heteroatoms. The third kappa shape index (κ3) is 5.26. The van der Waals surface area contributed by atoms with Gasteiger partial charge in [0.25, 0.3) is 10.0 Å². The molecule has 0 bridgehead atoms. The van der Waals surface area contributed by atoms with Crippen LogP contribution in [-0.2, 0) is 10.0 Å². The smallest absolute Gasteiger partial charge is 0.270 e.